The second-order valence-corrected chi connectivity index (χ2v) is 8.45. The highest BCUT2D eigenvalue weighted by atomic mass is 35.5. The second-order valence-electron chi connectivity index (χ2n) is 6.78. The van der Waals surface area contributed by atoms with Crippen molar-refractivity contribution >= 4 is 52.6 Å². The van der Waals surface area contributed by atoms with Crippen LogP contribution in [0.4, 0.5) is 11.4 Å². The highest BCUT2D eigenvalue weighted by molar-refractivity contribution is 8.06. The Balaban J connectivity index is 1.72. The monoisotopic (exact) mass is 418 g/mol. The highest BCUT2D eigenvalue weighted by Gasteiger charge is 2.60. The summed E-state index contributed by atoms with van der Waals surface area (Å²) >= 11 is 7.33. The van der Waals surface area contributed by atoms with Gasteiger partial charge < -0.3 is 5.32 Å². The summed E-state index contributed by atoms with van der Waals surface area (Å²) in [6.07, 6.45) is 1.83. The van der Waals surface area contributed by atoms with Gasteiger partial charge in [0.05, 0.1) is 4.91 Å². The van der Waals surface area contributed by atoms with Gasteiger partial charge in [0.15, 0.2) is 0 Å². The zero-order valence-corrected chi connectivity index (χ0v) is 16.7. The number of carbonyl (C=O) groups excluding carboxylic acids is 2. The molecule has 29 heavy (non-hydrogen) atoms. The summed E-state index contributed by atoms with van der Waals surface area (Å²) in [5.41, 5.74) is 3.02. The van der Waals surface area contributed by atoms with Crippen LogP contribution in [0, 0.1) is 0 Å². The molecule has 3 aromatic carbocycles. The van der Waals surface area contributed by atoms with Gasteiger partial charge in [-0.15, -0.1) is 0 Å². The molecule has 1 fully saturated rings. The maximum absolute atomic E-state index is 13.5. The third-order valence-corrected chi connectivity index (χ3v) is 6.66. The van der Waals surface area contributed by atoms with Crippen molar-refractivity contribution in [2.75, 3.05) is 10.2 Å². The zero-order valence-electron chi connectivity index (χ0n) is 15.1. The van der Waals surface area contributed by atoms with Gasteiger partial charge in [0.1, 0.15) is 0 Å². The fourth-order valence-electron chi connectivity index (χ4n) is 3.72. The van der Waals surface area contributed by atoms with E-state index in [1.807, 2.05) is 60.7 Å². The molecule has 6 heteroatoms. The Labute approximate surface area is 177 Å². The minimum Gasteiger partial charge on any atom is -0.323 e. The zero-order chi connectivity index (χ0) is 20.0. The lowest BCUT2D eigenvalue weighted by molar-refractivity contribution is -0.121. The Morgan fingerprint density at radius 1 is 0.897 bits per heavy atom. The van der Waals surface area contributed by atoms with Crippen molar-refractivity contribution < 1.29 is 9.59 Å². The lowest BCUT2D eigenvalue weighted by Gasteiger charge is -2.31. The number of hydrogen-bond donors (Lipinski definition) is 1. The molecule has 3 aromatic rings. The number of amides is 2. The SMILES string of the molecule is O=C1/C(=C/c2ccccc2)S[C@@]2(C(=O)Nc3ccccc32)N1c1ccc(Cl)cc1. The van der Waals surface area contributed by atoms with Crippen LogP contribution >= 0.6 is 23.4 Å². The van der Waals surface area contributed by atoms with E-state index < -0.39 is 4.87 Å². The maximum atomic E-state index is 13.5. The van der Waals surface area contributed by atoms with Gasteiger partial charge in [0.2, 0.25) is 4.87 Å². The van der Waals surface area contributed by atoms with Crippen LogP contribution in [0.2, 0.25) is 5.02 Å². The molecule has 2 amide bonds. The molecule has 1 saturated heterocycles. The number of halogens is 1. The van der Waals surface area contributed by atoms with Crippen molar-refractivity contribution in [3.05, 3.63) is 99.9 Å². The number of thioether (sulfide) groups is 1. The van der Waals surface area contributed by atoms with E-state index in [0.29, 0.717) is 15.6 Å². The second kappa shape index (κ2) is 6.79. The van der Waals surface area contributed by atoms with Gasteiger partial charge in [0, 0.05) is 22.0 Å². The van der Waals surface area contributed by atoms with Crippen molar-refractivity contribution in [2.45, 2.75) is 4.87 Å². The van der Waals surface area contributed by atoms with E-state index in [1.54, 1.807) is 29.2 Å². The van der Waals surface area contributed by atoms with E-state index in [0.717, 1.165) is 16.8 Å². The molecular formula is C23H15ClN2O2S. The minimum atomic E-state index is -1.19. The minimum absolute atomic E-state index is 0.215. The molecule has 2 aliphatic heterocycles. The Bertz CT molecular complexity index is 1160. The average Bonchev–Trinajstić information content (AvgIpc) is 3.18. The quantitative estimate of drug-likeness (QED) is 0.577. The number of fused-ring (bicyclic) bond motifs is 2. The van der Waals surface area contributed by atoms with E-state index in [1.165, 1.54) is 11.8 Å². The van der Waals surface area contributed by atoms with Crippen LogP contribution in [-0.4, -0.2) is 11.8 Å². The number of para-hydroxylation sites is 1. The number of rotatable bonds is 2. The average molecular weight is 419 g/mol. The van der Waals surface area contributed by atoms with Crippen molar-refractivity contribution in [2.24, 2.45) is 0 Å². The summed E-state index contributed by atoms with van der Waals surface area (Å²) in [4.78, 5) is 27.7. The smallest absolute Gasteiger partial charge is 0.266 e. The molecule has 1 N–H and O–H groups in total. The molecule has 142 valence electrons. The van der Waals surface area contributed by atoms with Crippen LogP contribution in [0.3, 0.4) is 0 Å². The lowest BCUT2D eigenvalue weighted by Crippen LogP contribution is -2.47. The van der Waals surface area contributed by atoms with E-state index in [4.69, 9.17) is 11.6 Å². The van der Waals surface area contributed by atoms with Crippen molar-refractivity contribution in [1.82, 2.24) is 0 Å². The molecule has 2 heterocycles. The third-order valence-electron chi connectivity index (χ3n) is 5.02. The van der Waals surface area contributed by atoms with E-state index in [2.05, 4.69) is 5.32 Å². The van der Waals surface area contributed by atoms with Gasteiger partial charge in [-0.3, -0.25) is 14.5 Å². The molecule has 0 aromatic heterocycles. The first kappa shape index (κ1) is 18.0. The van der Waals surface area contributed by atoms with Gasteiger partial charge in [-0.1, -0.05) is 71.9 Å². The summed E-state index contributed by atoms with van der Waals surface area (Å²) in [6.45, 7) is 0. The molecule has 2 aliphatic rings. The standard InChI is InChI=1S/C23H15ClN2O2S/c24-16-10-12-17(13-11-16)26-21(27)20(14-15-6-2-1-3-7-15)29-23(26)18-8-4-5-9-19(18)25-22(23)28/h1-14H,(H,25,28)/b20-14-/t23-/m0/s1. The van der Waals surface area contributed by atoms with E-state index >= 15 is 0 Å². The van der Waals surface area contributed by atoms with E-state index in [-0.39, 0.29) is 11.8 Å². The molecule has 5 rings (SSSR count). The summed E-state index contributed by atoms with van der Waals surface area (Å²) in [5, 5.41) is 3.51. The first-order valence-corrected chi connectivity index (χ1v) is 10.3. The van der Waals surface area contributed by atoms with Crippen molar-refractivity contribution in [3.63, 3.8) is 0 Å². The Hall–Kier alpha value is -3.02. The van der Waals surface area contributed by atoms with Gasteiger partial charge in [-0.2, -0.15) is 0 Å². The summed E-state index contributed by atoms with van der Waals surface area (Å²) in [5.74, 6) is -0.448. The molecule has 0 radical (unpaired) electrons. The summed E-state index contributed by atoms with van der Waals surface area (Å²) in [6, 6.07) is 24.1. The fourth-order valence-corrected chi connectivity index (χ4v) is 5.25. The van der Waals surface area contributed by atoms with Crippen LogP contribution in [-0.2, 0) is 14.5 Å². The topological polar surface area (TPSA) is 49.4 Å². The molecule has 4 nitrogen and oxygen atoms in total. The number of anilines is 2. The molecule has 0 bridgehead atoms. The number of hydrogen-bond acceptors (Lipinski definition) is 3. The number of carbonyl (C=O) groups is 2. The molecule has 1 spiro atoms. The number of benzene rings is 3. The number of nitrogens with zero attached hydrogens (tertiary/aromatic N) is 1. The molecular weight excluding hydrogens is 404 g/mol. The van der Waals surface area contributed by atoms with E-state index in [9.17, 15) is 9.59 Å². The fraction of sp³-hybridized carbons (Fsp3) is 0.0435. The van der Waals surface area contributed by atoms with Crippen LogP contribution < -0.4 is 10.2 Å². The van der Waals surface area contributed by atoms with Crippen molar-refractivity contribution in [1.29, 1.82) is 0 Å². The van der Waals surface area contributed by atoms with Gasteiger partial charge >= 0.3 is 0 Å². The van der Waals surface area contributed by atoms with Gasteiger partial charge in [-0.05, 0) is 42.0 Å². The molecule has 0 unspecified atom stereocenters. The van der Waals surface area contributed by atoms with Crippen molar-refractivity contribution in [3.8, 4) is 0 Å². The first-order chi connectivity index (χ1) is 14.1. The normalized spacial score (nSPS) is 21.7. The summed E-state index contributed by atoms with van der Waals surface area (Å²) in [7, 11) is 0. The summed E-state index contributed by atoms with van der Waals surface area (Å²) < 4.78 is 0. The largest absolute Gasteiger partial charge is 0.323 e. The van der Waals surface area contributed by atoms with Gasteiger partial charge in [0.25, 0.3) is 11.8 Å². The van der Waals surface area contributed by atoms with Crippen LogP contribution in [0.5, 0.6) is 0 Å². The molecule has 0 aliphatic carbocycles. The number of nitrogens with one attached hydrogen (secondary N) is 1. The molecule has 1 atom stereocenters. The Kier molecular flexibility index (Phi) is 4.23. The van der Waals surface area contributed by atoms with Crippen LogP contribution in [0.25, 0.3) is 6.08 Å². The maximum Gasteiger partial charge on any atom is 0.266 e. The molecule has 0 saturated carbocycles. The van der Waals surface area contributed by atoms with Gasteiger partial charge in [-0.25, -0.2) is 0 Å². The third kappa shape index (κ3) is 2.77. The Morgan fingerprint density at radius 3 is 2.34 bits per heavy atom. The lowest BCUT2D eigenvalue weighted by atomic mass is 10.0. The Morgan fingerprint density at radius 2 is 1.59 bits per heavy atom. The van der Waals surface area contributed by atoms with Crippen LogP contribution in [0.15, 0.2) is 83.8 Å². The van der Waals surface area contributed by atoms with Crippen LogP contribution in [0.1, 0.15) is 11.1 Å². The highest BCUT2D eigenvalue weighted by Crippen LogP contribution is 2.57. The predicted octanol–water partition coefficient (Wildman–Crippen LogP) is 5.27. The predicted molar refractivity (Wildman–Crippen MR) is 118 cm³/mol. The first-order valence-electron chi connectivity index (χ1n) is 9.06.